The average Bonchev–Trinajstić information content (AvgIpc) is 3.07. The highest BCUT2D eigenvalue weighted by atomic mass is 16.5. The highest BCUT2D eigenvalue weighted by Crippen LogP contribution is 2.23. The molecule has 1 saturated heterocycles. The predicted octanol–water partition coefficient (Wildman–Crippen LogP) is 2.65. The Balaban J connectivity index is 1.91. The van der Waals surface area contributed by atoms with Crippen LogP contribution < -0.4 is 4.74 Å². The van der Waals surface area contributed by atoms with Crippen molar-refractivity contribution in [1.29, 1.82) is 0 Å². The van der Waals surface area contributed by atoms with Crippen molar-refractivity contribution in [2.75, 3.05) is 47.0 Å². The van der Waals surface area contributed by atoms with Crippen molar-refractivity contribution in [3.8, 4) is 5.75 Å². The first kappa shape index (κ1) is 19.7. The number of amides is 1. The maximum absolute atomic E-state index is 12.8. The molecule has 1 aliphatic rings. The molecule has 0 N–H and O–H groups in total. The number of carbonyl (C=O) groups is 1. The zero-order chi connectivity index (χ0) is 18.2. The summed E-state index contributed by atoms with van der Waals surface area (Å²) in [5, 5.41) is 0. The molecule has 1 aromatic rings. The lowest BCUT2D eigenvalue weighted by atomic mass is 10.1. The van der Waals surface area contributed by atoms with E-state index in [1.807, 2.05) is 36.2 Å². The third kappa shape index (κ3) is 6.01. The molecule has 1 heterocycles. The number of methoxy groups -OCH3 is 1. The number of benzene rings is 1. The highest BCUT2D eigenvalue weighted by molar-refractivity contribution is 5.79. The van der Waals surface area contributed by atoms with Gasteiger partial charge in [-0.15, -0.1) is 0 Å². The zero-order valence-electron chi connectivity index (χ0n) is 16.0. The van der Waals surface area contributed by atoms with Gasteiger partial charge in [0.1, 0.15) is 5.75 Å². The van der Waals surface area contributed by atoms with Crippen LogP contribution in [0.3, 0.4) is 0 Å². The molecular weight excluding hydrogens is 316 g/mol. The predicted molar refractivity (Wildman–Crippen MR) is 99.7 cm³/mol. The number of nitrogens with zero attached hydrogens (tertiary/aromatic N) is 2. The smallest absolute Gasteiger partial charge is 0.227 e. The molecule has 1 fully saturated rings. The fraction of sp³-hybridized carbons (Fsp3) is 0.650. The van der Waals surface area contributed by atoms with E-state index in [0.29, 0.717) is 19.1 Å². The Labute approximate surface area is 151 Å². The van der Waals surface area contributed by atoms with Gasteiger partial charge in [0.05, 0.1) is 19.1 Å². The molecule has 0 bridgehead atoms. The van der Waals surface area contributed by atoms with E-state index >= 15 is 0 Å². The van der Waals surface area contributed by atoms with Crippen LogP contribution in [0.15, 0.2) is 24.3 Å². The molecule has 2 rings (SSSR count). The zero-order valence-corrected chi connectivity index (χ0v) is 16.0. The Kier molecular flexibility index (Phi) is 7.72. The maximum Gasteiger partial charge on any atom is 0.227 e. The molecule has 1 atom stereocenters. The van der Waals surface area contributed by atoms with Gasteiger partial charge in [-0.05, 0) is 24.9 Å². The van der Waals surface area contributed by atoms with Crippen LogP contribution in [-0.2, 0) is 16.1 Å². The van der Waals surface area contributed by atoms with Crippen molar-refractivity contribution in [2.24, 2.45) is 11.8 Å². The van der Waals surface area contributed by atoms with Crippen LogP contribution in [0, 0.1) is 11.8 Å². The summed E-state index contributed by atoms with van der Waals surface area (Å²) in [5.41, 5.74) is 1.06. The van der Waals surface area contributed by atoms with Gasteiger partial charge in [-0.1, -0.05) is 32.0 Å². The monoisotopic (exact) mass is 348 g/mol. The minimum Gasteiger partial charge on any atom is -0.493 e. The van der Waals surface area contributed by atoms with E-state index in [1.165, 1.54) is 0 Å². The quantitative estimate of drug-likeness (QED) is 0.688. The number of carbonyl (C=O) groups excluding carboxylic acids is 1. The van der Waals surface area contributed by atoms with E-state index in [9.17, 15) is 4.79 Å². The Morgan fingerprint density at radius 1 is 1.36 bits per heavy atom. The van der Waals surface area contributed by atoms with Crippen LogP contribution in [0.25, 0.3) is 0 Å². The summed E-state index contributed by atoms with van der Waals surface area (Å²) in [6.07, 6.45) is 0.929. The number of para-hydroxylation sites is 1. The van der Waals surface area contributed by atoms with E-state index in [0.717, 1.165) is 44.0 Å². The van der Waals surface area contributed by atoms with Gasteiger partial charge in [-0.25, -0.2) is 0 Å². The van der Waals surface area contributed by atoms with E-state index in [4.69, 9.17) is 9.47 Å². The first-order valence-corrected chi connectivity index (χ1v) is 9.18. The molecule has 1 aromatic carbocycles. The molecule has 1 amide bonds. The topological polar surface area (TPSA) is 42.0 Å². The fourth-order valence-corrected chi connectivity index (χ4v) is 3.13. The molecule has 5 nitrogen and oxygen atoms in total. The van der Waals surface area contributed by atoms with Crippen molar-refractivity contribution in [2.45, 2.75) is 26.8 Å². The second-order valence-corrected chi connectivity index (χ2v) is 7.29. The van der Waals surface area contributed by atoms with Gasteiger partial charge in [0.15, 0.2) is 0 Å². The molecule has 25 heavy (non-hydrogen) atoms. The Bertz CT molecular complexity index is 547. The van der Waals surface area contributed by atoms with Crippen LogP contribution in [-0.4, -0.2) is 62.7 Å². The Morgan fingerprint density at radius 3 is 2.84 bits per heavy atom. The lowest BCUT2D eigenvalue weighted by Gasteiger charge is -2.23. The molecule has 0 saturated carbocycles. The van der Waals surface area contributed by atoms with Crippen molar-refractivity contribution in [3.63, 3.8) is 0 Å². The van der Waals surface area contributed by atoms with Crippen LogP contribution in [0.2, 0.25) is 0 Å². The number of ether oxygens (including phenoxy) is 2. The molecule has 0 spiro atoms. The van der Waals surface area contributed by atoms with Crippen molar-refractivity contribution >= 4 is 5.91 Å². The summed E-state index contributed by atoms with van der Waals surface area (Å²) in [7, 11) is 3.60. The first-order valence-electron chi connectivity index (χ1n) is 9.18. The molecule has 1 aliphatic heterocycles. The molecule has 1 unspecified atom stereocenters. The number of likely N-dealkylation sites (tertiary alicyclic amines) is 1. The van der Waals surface area contributed by atoms with Gasteiger partial charge in [0.25, 0.3) is 0 Å². The minimum atomic E-state index is 0.0885. The van der Waals surface area contributed by atoms with E-state index in [-0.39, 0.29) is 11.8 Å². The van der Waals surface area contributed by atoms with Crippen molar-refractivity contribution in [3.05, 3.63) is 29.8 Å². The molecular formula is C20H32N2O3. The summed E-state index contributed by atoms with van der Waals surface area (Å²) in [4.78, 5) is 16.9. The fourth-order valence-electron chi connectivity index (χ4n) is 3.13. The summed E-state index contributed by atoms with van der Waals surface area (Å²) < 4.78 is 11.0. The second kappa shape index (κ2) is 9.78. The minimum absolute atomic E-state index is 0.0885. The maximum atomic E-state index is 12.8. The SMILES string of the molecule is COCCN1CCC(C(=O)N(C)Cc2ccccc2OCC(C)C)C1. The third-order valence-corrected chi connectivity index (χ3v) is 4.56. The van der Waals surface area contributed by atoms with Gasteiger partial charge >= 0.3 is 0 Å². The van der Waals surface area contributed by atoms with Gasteiger partial charge < -0.3 is 19.3 Å². The summed E-state index contributed by atoms with van der Waals surface area (Å²) in [6, 6.07) is 8.00. The summed E-state index contributed by atoms with van der Waals surface area (Å²) in [5.74, 6) is 1.66. The van der Waals surface area contributed by atoms with Gasteiger partial charge in [-0.3, -0.25) is 4.79 Å². The van der Waals surface area contributed by atoms with E-state index < -0.39 is 0 Å². The van der Waals surface area contributed by atoms with Crippen LogP contribution in [0.1, 0.15) is 25.8 Å². The van der Waals surface area contributed by atoms with Gasteiger partial charge in [-0.2, -0.15) is 0 Å². The molecule has 0 aromatic heterocycles. The lowest BCUT2D eigenvalue weighted by molar-refractivity contribution is -0.134. The molecule has 140 valence electrons. The van der Waals surface area contributed by atoms with Crippen molar-refractivity contribution < 1.29 is 14.3 Å². The lowest BCUT2D eigenvalue weighted by Crippen LogP contribution is -2.34. The van der Waals surface area contributed by atoms with Gasteiger partial charge in [0, 0.05) is 39.4 Å². The van der Waals surface area contributed by atoms with Crippen LogP contribution >= 0.6 is 0 Å². The largest absolute Gasteiger partial charge is 0.493 e. The summed E-state index contributed by atoms with van der Waals surface area (Å²) >= 11 is 0. The summed E-state index contributed by atoms with van der Waals surface area (Å²) in [6.45, 7) is 8.96. The standard InChI is InChI=1S/C20H32N2O3/c1-16(2)15-25-19-8-6-5-7-17(19)13-21(3)20(23)18-9-10-22(14-18)11-12-24-4/h5-8,16,18H,9-15H2,1-4H3. The number of hydrogen-bond donors (Lipinski definition) is 0. The first-order chi connectivity index (χ1) is 12.0. The Morgan fingerprint density at radius 2 is 2.12 bits per heavy atom. The normalized spacial score (nSPS) is 17.9. The van der Waals surface area contributed by atoms with E-state index in [1.54, 1.807) is 7.11 Å². The molecule has 0 aliphatic carbocycles. The second-order valence-electron chi connectivity index (χ2n) is 7.29. The Hall–Kier alpha value is -1.59. The third-order valence-electron chi connectivity index (χ3n) is 4.56. The molecule has 5 heteroatoms. The van der Waals surface area contributed by atoms with Crippen LogP contribution in [0.4, 0.5) is 0 Å². The van der Waals surface area contributed by atoms with Crippen LogP contribution in [0.5, 0.6) is 5.75 Å². The average molecular weight is 348 g/mol. The van der Waals surface area contributed by atoms with Crippen molar-refractivity contribution in [1.82, 2.24) is 9.80 Å². The molecule has 0 radical (unpaired) electrons. The van der Waals surface area contributed by atoms with E-state index in [2.05, 4.69) is 18.7 Å². The highest BCUT2D eigenvalue weighted by Gasteiger charge is 2.30. The number of hydrogen-bond acceptors (Lipinski definition) is 4. The number of rotatable bonds is 9. The van der Waals surface area contributed by atoms with Gasteiger partial charge in [0.2, 0.25) is 5.91 Å².